The quantitative estimate of drug-likeness (QED) is 0.826. The van der Waals surface area contributed by atoms with Gasteiger partial charge in [-0.15, -0.1) is 0 Å². The highest BCUT2D eigenvalue weighted by atomic mass is 19.2. The summed E-state index contributed by atoms with van der Waals surface area (Å²) in [6, 6.07) is 3.86. The number of hydrogen-bond donors (Lipinski definition) is 0. The molecule has 7 heteroatoms. The van der Waals surface area contributed by atoms with Crippen molar-refractivity contribution in [3.05, 3.63) is 53.6 Å². The van der Waals surface area contributed by atoms with Gasteiger partial charge in [0.2, 0.25) is 5.91 Å². The summed E-state index contributed by atoms with van der Waals surface area (Å²) in [5.41, 5.74) is 1.83. The van der Waals surface area contributed by atoms with E-state index >= 15 is 0 Å². The first-order chi connectivity index (χ1) is 12.9. The molecule has 5 nitrogen and oxygen atoms in total. The van der Waals surface area contributed by atoms with Crippen molar-refractivity contribution in [1.82, 2.24) is 19.4 Å². The van der Waals surface area contributed by atoms with Crippen molar-refractivity contribution < 1.29 is 13.6 Å². The van der Waals surface area contributed by atoms with Crippen molar-refractivity contribution >= 4 is 5.91 Å². The highest BCUT2D eigenvalue weighted by molar-refractivity contribution is 5.79. The predicted molar refractivity (Wildman–Crippen MR) is 96.5 cm³/mol. The summed E-state index contributed by atoms with van der Waals surface area (Å²) in [5, 5.41) is 0. The van der Waals surface area contributed by atoms with Crippen LogP contribution in [0.5, 0.6) is 0 Å². The Labute approximate surface area is 157 Å². The molecule has 0 radical (unpaired) electrons. The van der Waals surface area contributed by atoms with Gasteiger partial charge in [0.25, 0.3) is 0 Å². The maximum atomic E-state index is 13.4. The molecule has 0 N–H and O–H groups in total. The van der Waals surface area contributed by atoms with Gasteiger partial charge in [-0.2, -0.15) is 0 Å². The second-order valence-corrected chi connectivity index (χ2v) is 7.95. The topological polar surface area (TPSA) is 41.4 Å². The van der Waals surface area contributed by atoms with Gasteiger partial charge in [-0.1, -0.05) is 6.07 Å². The van der Waals surface area contributed by atoms with Crippen molar-refractivity contribution in [1.29, 1.82) is 0 Å². The van der Waals surface area contributed by atoms with Gasteiger partial charge in [-0.25, -0.2) is 13.8 Å². The first-order valence-electron chi connectivity index (χ1n) is 9.33. The van der Waals surface area contributed by atoms with Gasteiger partial charge in [0, 0.05) is 39.3 Å². The molecule has 3 heterocycles. The molecule has 0 atom stereocenters. The average Bonchev–Trinajstić information content (AvgIpc) is 3.17. The third-order valence-corrected chi connectivity index (χ3v) is 5.98. The Hall–Kier alpha value is -2.28. The summed E-state index contributed by atoms with van der Waals surface area (Å²) in [5.74, 6) is -1.61. The Morgan fingerprint density at radius 1 is 1.15 bits per heavy atom. The lowest BCUT2D eigenvalue weighted by Gasteiger charge is -2.38. The maximum Gasteiger partial charge on any atom is 0.223 e. The first-order valence-corrected chi connectivity index (χ1v) is 9.33. The molecule has 2 fully saturated rings. The van der Waals surface area contributed by atoms with Crippen LogP contribution >= 0.6 is 0 Å². The van der Waals surface area contributed by atoms with E-state index in [0.29, 0.717) is 25.1 Å². The highest BCUT2D eigenvalue weighted by Gasteiger charge is 2.44. The lowest BCUT2D eigenvalue weighted by atomic mass is 9.77. The van der Waals surface area contributed by atoms with E-state index in [1.165, 1.54) is 11.8 Å². The van der Waals surface area contributed by atoms with Gasteiger partial charge in [-0.05, 0) is 49.0 Å². The number of carbonyl (C=O) groups excluding carboxylic acids is 1. The number of amides is 1. The van der Waals surface area contributed by atoms with Gasteiger partial charge in [-0.3, -0.25) is 9.69 Å². The van der Waals surface area contributed by atoms with E-state index < -0.39 is 11.6 Å². The Morgan fingerprint density at radius 3 is 2.59 bits per heavy atom. The van der Waals surface area contributed by atoms with Crippen molar-refractivity contribution in [2.24, 2.45) is 12.5 Å². The molecule has 0 aliphatic carbocycles. The first kappa shape index (κ1) is 18.1. The third-order valence-electron chi connectivity index (χ3n) is 5.98. The molecule has 144 valence electrons. The van der Waals surface area contributed by atoms with Crippen LogP contribution in [-0.2, 0) is 24.9 Å². The minimum Gasteiger partial charge on any atom is -0.338 e. The monoisotopic (exact) mass is 374 g/mol. The zero-order valence-corrected chi connectivity index (χ0v) is 15.5. The van der Waals surface area contributed by atoms with Gasteiger partial charge >= 0.3 is 0 Å². The molecule has 0 saturated carbocycles. The number of aryl methyl sites for hydroxylation is 1. The van der Waals surface area contributed by atoms with Crippen molar-refractivity contribution in [3.63, 3.8) is 0 Å². The van der Waals surface area contributed by atoms with Crippen molar-refractivity contribution in [3.8, 4) is 0 Å². The number of aromatic nitrogens is 2. The third kappa shape index (κ3) is 3.74. The number of nitrogens with zero attached hydrogens (tertiary/aromatic N) is 4. The Morgan fingerprint density at radius 2 is 1.93 bits per heavy atom. The fourth-order valence-electron chi connectivity index (χ4n) is 4.27. The number of rotatable bonds is 4. The number of halogens is 2. The average molecular weight is 374 g/mol. The molecule has 2 aromatic rings. The number of likely N-dealkylation sites (tertiary alicyclic amines) is 2. The largest absolute Gasteiger partial charge is 0.338 e. The van der Waals surface area contributed by atoms with Crippen LogP contribution in [0.2, 0.25) is 0 Å². The summed E-state index contributed by atoms with van der Waals surface area (Å²) >= 11 is 0. The second-order valence-electron chi connectivity index (χ2n) is 7.95. The molecule has 1 aromatic heterocycles. The number of hydrogen-bond acceptors (Lipinski definition) is 3. The van der Waals surface area contributed by atoms with Crippen LogP contribution in [0.4, 0.5) is 8.78 Å². The number of carbonyl (C=O) groups is 1. The van der Waals surface area contributed by atoms with Crippen LogP contribution in [0.1, 0.15) is 30.5 Å². The van der Waals surface area contributed by atoms with Gasteiger partial charge in [0.1, 0.15) is 0 Å². The molecule has 0 bridgehead atoms. The smallest absolute Gasteiger partial charge is 0.223 e. The molecular weight excluding hydrogens is 350 g/mol. The highest BCUT2D eigenvalue weighted by Crippen LogP contribution is 2.41. The van der Waals surface area contributed by atoms with Gasteiger partial charge in [0.05, 0.1) is 12.0 Å². The van der Waals surface area contributed by atoms with Crippen LogP contribution in [0, 0.1) is 17.0 Å². The molecule has 1 amide bonds. The predicted octanol–water partition coefficient (Wildman–Crippen LogP) is 2.71. The fourth-order valence-corrected chi connectivity index (χ4v) is 4.27. The number of piperidine rings is 1. The zero-order valence-electron chi connectivity index (χ0n) is 15.5. The van der Waals surface area contributed by atoms with E-state index in [9.17, 15) is 13.6 Å². The van der Waals surface area contributed by atoms with E-state index in [4.69, 9.17) is 0 Å². The summed E-state index contributed by atoms with van der Waals surface area (Å²) in [7, 11) is 2.00. The van der Waals surface area contributed by atoms with Crippen molar-refractivity contribution in [2.75, 3.05) is 19.6 Å². The van der Waals surface area contributed by atoms with Crippen LogP contribution < -0.4 is 0 Å². The lowest BCUT2D eigenvalue weighted by Crippen LogP contribution is -2.41. The minimum atomic E-state index is -0.864. The SMILES string of the molecule is Cn1cncc1CN1CCC2(CC1)CC(=O)N(Cc1ccc(F)c(F)c1)C2. The molecular formula is C20H24F2N4O. The van der Waals surface area contributed by atoms with Crippen LogP contribution in [0.3, 0.4) is 0 Å². The minimum absolute atomic E-state index is 0.0125. The molecule has 1 spiro atoms. The van der Waals surface area contributed by atoms with E-state index in [0.717, 1.165) is 38.5 Å². The second kappa shape index (κ2) is 7.03. The Bertz CT molecular complexity index is 842. The van der Waals surface area contributed by atoms with E-state index in [1.54, 1.807) is 11.0 Å². The summed E-state index contributed by atoms with van der Waals surface area (Å²) < 4.78 is 28.6. The number of benzene rings is 1. The molecule has 4 rings (SSSR count). The fraction of sp³-hybridized carbons (Fsp3) is 0.500. The van der Waals surface area contributed by atoms with Crippen molar-refractivity contribution in [2.45, 2.75) is 32.4 Å². The zero-order chi connectivity index (χ0) is 19.0. The molecule has 2 aliphatic heterocycles. The van der Waals surface area contributed by atoms with Crippen LogP contribution in [0.15, 0.2) is 30.7 Å². The molecule has 2 saturated heterocycles. The summed E-state index contributed by atoms with van der Waals surface area (Å²) in [4.78, 5) is 20.9. The lowest BCUT2D eigenvalue weighted by molar-refractivity contribution is -0.128. The van der Waals surface area contributed by atoms with E-state index in [-0.39, 0.29) is 11.3 Å². The van der Waals surface area contributed by atoms with E-state index in [1.807, 2.05) is 24.1 Å². The van der Waals surface area contributed by atoms with Crippen LogP contribution in [-0.4, -0.2) is 44.9 Å². The van der Waals surface area contributed by atoms with Gasteiger partial charge in [0.15, 0.2) is 11.6 Å². The maximum absolute atomic E-state index is 13.4. The standard InChI is InChI=1S/C20H24F2N4O/c1-24-14-23-10-16(24)12-25-6-4-20(5-7-25)9-19(27)26(13-20)11-15-2-3-17(21)18(22)8-15/h2-3,8,10,14H,4-7,9,11-13H2,1H3. The summed E-state index contributed by atoms with van der Waals surface area (Å²) in [6.07, 6.45) is 6.21. The van der Waals surface area contributed by atoms with E-state index in [2.05, 4.69) is 9.88 Å². The Balaban J connectivity index is 1.36. The number of imidazole rings is 1. The molecule has 2 aliphatic rings. The molecule has 1 aromatic carbocycles. The summed E-state index contributed by atoms with van der Waals surface area (Å²) in [6.45, 7) is 3.83. The van der Waals surface area contributed by atoms with Gasteiger partial charge < -0.3 is 9.47 Å². The van der Waals surface area contributed by atoms with Crippen LogP contribution in [0.25, 0.3) is 0 Å². The Kier molecular flexibility index (Phi) is 4.72. The molecule has 27 heavy (non-hydrogen) atoms. The normalized spacial score (nSPS) is 20.0. The molecule has 0 unspecified atom stereocenters.